The van der Waals surface area contributed by atoms with E-state index in [-0.39, 0.29) is 11.7 Å². The van der Waals surface area contributed by atoms with Crippen LogP contribution < -0.4 is 15.9 Å². The van der Waals surface area contributed by atoms with Gasteiger partial charge in [-0.05, 0) is 74.9 Å². The number of nitrogens with one attached hydrogen (secondary N) is 1. The summed E-state index contributed by atoms with van der Waals surface area (Å²) < 4.78 is 0. The zero-order chi connectivity index (χ0) is 27.2. The summed E-state index contributed by atoms with van der Waals surface area (Å²) in [5, 5.41) is 11.1. The van der Waals surface area contributed by atoms with Crippen molar-refractivity contribution in [2.45, 2.75) is 51.1 Å². The zero-order valence-corrected chi connectivity index (χ0v) is 23.5. The van der Waals surface area contributed by atoms with E-state index in [1.807, 2.05) is 31.1 Å². The fraction of sp³-hybridized carbons (Fsp3) is 0.586. The van der Waals surface area contributed by atoms with Crippen molar-refractivity contribution in [3.63, 3.8) is 0 Å². The van der Waals surface area contributed by atoms with Crippen LogP contribution in [0.2, 0.25) is 0 Å². The van der Waals surface area contributed by atoms with E-state index < -0.39 is 0 Å². The third kappa shape index (κ3) is 7.15. The van der Waals surface area contributed by atoms with E-state index in [0.717, 1.165) is 44.0 Å². The first-order chi connectivity index (χ1) is 19.0. The van der Waals surface area contributed by atoms with Gasteiger partial charge < -0.3 is 4.90 Å². The number of benzene rings is 1. The molecule has 3 aliphatic rings. The maximum Gasteiger partial charge on any atom is 0.269 e. The Labute approximate surface area is 233 Å². The summed E-state index contributed by atoms with van der Waals surface area (Å²) in [6.07, 6.45) is 8.83. The minimum Gasteiger partial charge on any atom is -0.304 e. The van der Waals surface area contributed by atoms with Crippen molar-refractivity contribution in [2.75, 3.05) is 57.9 Å². The molecule has 3 fully saturated rings. The highest BCUT2D eigenvalue weighted by Gasteiger charge is 2.27. The fourth-order valence-corrected chi connectivity index (χ4v) is 6.23. The van der Waals surface area contributed by atoms with E-state index in [4.69, 9.17) is 0 Å². The highest BCUT2D eigenvalue weighted by Crippen LogP contribution is 2.26. The SMILES string of the molecule is Bc1cnc(C#N)nc1N(CC1CCCC1)NC(=O)c1ccc(CN2CCC(N3CCN(C)CC3)CC2)cc1. The second kappa shape index (κ2) is 12.9. The lowest BCUT2D eigenvalue weighted by Gasteiger charge is -2.42. The van der Waals surface area contributed by atoms with E-state index in [9.17, 15) is 10.1 Å². The molecule has 206 valence electrons. The molecule has 3 heterocycles. The fourth-order valence-electron chi connectivity index (χ4n) is 6.23. The van der Waals surface area contributed by atoms with E-state index in [0.29, 0.717) is 23.8 Å². The van der Waals surface area contributed by atoms with E-state index in [1.165, 1.54) is 57.4 Å². The predicted octanol–water partition coefficient (Wildman–Crippen LogP) is 1.16. The van der Waals surface area contributed by atoms with Gasteiger partial charge in [-0.15, -0.1) is 0 Å². The molecule has 0 spiro atoms. The first-order valence-electron chi connectivity index (χ1n) is 14.5. The molecule has 0 unspecified atom stereocenters. The minimum atomic E-state index is -0.163. The smallest absolute Gasteiger partial charge is 0.269 e. The number of hydrazine groups is 1. The van der Waals surface area contributed by atoms with Gasteiger partial charge in [0, 0.05) is 57.1 Å². The van der Waals surface area contributed by atoms with Gasteiger partial charge in [-0.3, -0.25) is 25.0 Å². The summed E-state index contributed by atoms with van der Waals surface area (Å²) in [4.78, 5) is 29.4. The van der Waals surface area contributed by atoms with Gasteiger partial charge in [-0.25, -0.2) is 9.97 Å². The summed E-state index contributed by atoms with van der Waals surface area (Å²) in [6, 6.07) is 10.7. The van der Waals surface area contributed by atoms with Crippen LogP contribution >= 0.6 is 0 Å². The van der Waals surface area contributed by atoms with Gasteiger partial charge in [0.1, 0.15) is 19.7 Å². The molecule has 1 aliphatic carbocycles. The maximum atomic E-state index is 13.3. The molecule has 2 aliphatic heterocycles. The number of amides is 1. The van der Waals surface area contributed by atoms with Crippen LogP contribution in [0.15, 0.2) is 30.5 Å². The zero-order valence-electron chi connectivity index (χ0n) is 23.5. The third-order valence-corrected chi connectivity index (χ3v) is 8.69. The molecule has 1 aromatic carbocycles. The molecule has 0 atom stereocenters. The Balaban J connectivity index is 1.17. The number of aromatic nitrogens is 2. The van der Waals surface area contributed by atoms with Crippen molar-refractivity contribution in [3.05, 3.63) is 47.4 Å². The van der Waals surface area contributed by atoms with Crippen LogP contribution in [0.1, 0.15) is 60.3 Å². The first-order valence-corrected chi connectivity index (χ1v) is 14.5. The van der Waals surface area contributed by atoms with Gasteiger partial charge in [-0.2, -0.15) is 5.26 Å². The second-order valence-corrected chi connectivity index (χ2v) is 11.6. The highest BCUT2D eigenvalue weighted by molar-refractivity contribution is 6.35. The summed E-state index contributed by atoms with van der Waals surface area (Å²) in [7, 11) is 4.12. The number of likely N-dealkylation sites (N-methyl/N-ethyl adjacent to an activating group) is 1. The second-order valence-electron chi connectivity index (χ2n) is 11.6. The topological polar surface area (TPSA) is 91.6 Å². The molecule has 5 rings (SSSR count). The number of carbonyl (C=O) groups excluding carboxylic acids is 1. The Morgan fingerprint density at radius 1 is 1.08 bits per heavy atom. The number of carbonyl (C=O) groups is 1. The van der Waals surface area contributed by atoms with Crippen LogP contribution in [-0.2, 0) is 6.54 Å². The molecule has 9 nitrogen and oxygen atoms in total. The summed E-state index contributed by atoms with van der Waals surface area (Å²) in [6.45, 7) is 8.59. The van der Waals surface area contributed by atoms with Crippen molar-refractivity contribution in [2.24, 2.45) is 5.92 Å². The number of anilines is 1. The molecule has 1 amide bonds. The van der Waals surface area contributed by atoms with Gasteiger partial charge in [0.2, 0.25) is 5.82 Å². The Kier molecular flexibility index (Phi) is 9.12. The molecular weight excluding hydrogens is 487 g/mol. The number of rotatable bonds is 8. The van der Waals surface area contributed by atoms with Crippen LogP contribution in [0.5, 0.6) is 0 Å². The number of likely N-dealkylation sites (tertiary alicyclic amines) is 1. The number of nitrogens with zero attached hydrogens (tertiary/aromatic N) is 7. The number of nitriles is 1. The number of hydrogen-bond donors (Lipinski definition) is 1. The predicted molar refractivity (Wildman–Crippen MR) is 156 cm³/mol. The van der Waals surface area contributed by atoms with Crippen LogP contribution in [0, 0.1) is 17.2 Å². The van der Waals surface area contributed by atoms with E-state index in [1.54, 1.807) is 6.20 Å². The number of piperidine rings is 1. The van der Waals surface area contributed by atoms with Crippen LogP contribution in [0.25, 0.3) is 0 Å². The maximum absolute atomic E-state index is 13.3. The van der Waals surface area contributed by atoms with Crippen LogP contribution in [0.3, 0.4) is 0 Å². The average molecular weight is 529 g/mol. The summed E-state index contributed by atoms with van der Waals surface area (Å²) in [5.41, 5.74) is 5.77. The van der Waals surface area contributed by atoms with Crippen molar-refractivity contribution < 1.29 is 4.79 Å². The molecule has 2 aromatic rings. The van der Waals surface area contributed by atoms with Crippen molar-refractivity contribution in [1.29, 1.82) is 5.26 Å². The molecule has 1 saturated carbocycles. The largest absolute Gasteiger partial charge is 0.304 e. The number of piperazine rings is 1. The van der Waals surface area contributed by atoms with E-state index in [2.05, 4.69) is 49.3 Å². The van der Waals surface area contributed by atoms with Crippen molar-refractivity contribution in [3.8, 4) is 6.07 Å². The standard InChI is InChI=1S/C29H41BN8O/c1-35-14-16-37(17-15-35)25-10-12-36(13-11-25)20-23-6-8-24(9-7-23)29(39)34-38(21-22-4-2-3-5-22)28-26(30)19-32-27(18-31)33-28/h6-9,19,22,25H,2-5,10-17,20-21,30H2,1H3,(H,34,39). The summed E-state index contributed by atoms with van der Waals surface area (Å²) >= 11 is 0. The first kappa shape index (κ1) is 27.6. The lowest BCUT2D eigenvalue weighted by atomic mass is 9.98. The van der Waals surface area contributed by atoms with E-state index >= 15 is 0 Å². The quantitative estimate of drug-likeness (QED) is 0.403. The van der Waals surface area contributed by atoms with Gasteiger partial charge in [0.25, 0.3) is 5.91 Å². The molecular formula is C29H41BN8O. The molecule has 1 aromatic heterocycles. The van der Waals surface area contributed by atoms with Crippen LogP contribution in [0.4, 0.5) is 5.82 Å². The van der Waals surface area contributed by atoms with Gasteiger partial charge >= 0.3 is 0 Å². The third-order valence-electron chi connectivity index (χ3n) is 8.69. The Hall–Kier alpha value is -3.00. The highest BCUT2D eigenvalue weighted by atomic mass is 16.2. The van der Waals surface area contributed by atoms with Crippen LogP contribution in [-0.4, -0.2) is 97.3 Å². The van der Waals surface area contributed by atoms with Crippen molar-refractivity contribution in [1.82, 2.24) is 30.1 Å². The van der Waals surface area contributed by atoms with Gasteiger partial charge in [-0.1, -0.05) is 25.0 Å². The minimum absolute atomic E-state index is 0.109. The lowest BCUT2D eigenvalue weighted by molar-refractivity contribution is 0.0658. The number of hydrogen-bond acceptors (Lipinski definition) is 8. The molecule has 0 bridgehead atoms. The van der Waals surface area contributed by atoms with Gasteiger partial charge in [0.15, 0.2) is 0 Å². The lowest BCUT2D eigenvalue weighted by Crippen LogP contribution is -2.52. The average Bonchev–Trinajstić information content (AvgIpc) is 3.47. The molecule has 10 heteroatoms. The Morgan fingerprint density at radius 2 is 1.77 bits per heavy atom. The Morgan fingerprint density at radius 3 is 2.44 bits per heavy atom. The summed E-state index contributed by atoms with van der Waals surface area (Å²) in [5.74, 6) is 1.04. The molecule has 39 heavy (non-hydrogen) atoms. The Bertz CT molecular complexity index is 1150. The molecule has 0 radical (unpaired) electrons. The molecule has 2 saturated heterocycles. The monoisotopic (exact) mass is 528 g/mol. The van der Waals surface area contributed by atoms with Gasteiger partial charge in [0.05, 0.1) is 0 Å². The normalized spacial score (nSPS) is 20.1. The molecule has 1 N–H and O–H groups in total. The van der Waals surface area contributed by atoms with Crippen molar-refractivity contribution >= 4 is 25.0 Å².